The molecule has 0 saturated carbocycles. The van der Waals surface area contributed by atoms with Crippen molar-refractivity contribution in [1.82, 2.24) is 10.3 Å². The minimum Gasteiger partial charge on any atom is -0.307 e. The number of aryl methyl sites for hydroxylation is 2. The molecule has 0 radical (unpaired) electrons. The molecule has 1 atom stereocenters. The van der Waals surface area contributed by atoms with Crippen LogP contribution in [0.5, 0.6) is 0 Å². The monoisotopic (exact) mass is 282 g/mol. The Labute approximate surface area is 115 Å². The van der Waals surface area contributed by atoms with E-state index < -0.39 is 11.6 Å². The molecule has 1 N–H and O–H groups in total. The van der Waals surface area contributed by atoms with Gasteiger partial charge in [0, 0.05) is 10.9 Å². The van der Waals surface area contributed by atoms with E-state index in [9.17, 15) is 8.78 Å². The molecule has 0 spiro atoms. The summed E-state index contributed by atoms with van der Waals surface area (Å²) in [6.07, 6.45) is 0.857. The summed E-state index contributed by atoms with van der Waals surface area (Å²) in [5.41, 5.74) is 1.59. The van der Waals surface area contributed by atoms with Gasteiger partial charge < -0.3 is 5.32 Å². The first kappa shape index (κ1) is 14.1. The first-order valence-electron chi connectivity index (χ1n) is 6.14. The third kappa shape index (κ3) is 2.98. The number of nitrogens with one attached hydrogen (secondary N) is 1. The topological polar surface area (TPSA) is 24.9 Å². The highest BCUT2D eigenvalue weighted by atomic mass is 32.1. The summed E-state index contributed by atoms with van der Waals surface area (Å²) in [4.78, 5) is 5.69. The second kappa shape index (κ2) is 5.75. The van der Waals surface area contributed by atoms with Crippen molar-refractivity contribution in [3.8, 4) is 0 Å². The van der Waals surface area contributed by atoms with Gasteiger partial charge in [-0.3, -0.25) is 0 Å². The van der Waals surface area contributed by atoms with Crippen LogP contribution in [0.3, 0.4) is 0 Å². The van der Waals surface area contributed by atoms with Crippen LogP contribution in [-0.2, 0) is 6.42 Å². The molecule has 19 heavy (non-hydrogen) atoms. The third-order valence-electron chi connectivity index (χ3n) is 3.00. The van der Waals surface area contributed by atoms with Crippen molar-refractivity contribution in [2.45, 2.75) is 26.3 Å². The molecular weight excluding hydrogens is 266 g/mol. The number of benzene rings is 1. The normalized spacial score (nSPS) is 12.7. The Kier molecular flexibility index (Phi) is 4.27. The van der Waals surface area contributed by atoms with Crippen molar-refractivity contribution in [3.05, 3.63) is 51.0 Å². The summed E-state index contributed by atoms with van der Waals surface area (Å²) in [6, 6.07) is 3.27. The van der Waals surface area contributed by atoms with Gasteiger partial charge in [0.25, 0.3) is 0 Å². The molecule has 2 aromatic rings. The van der Waals surface area contributed by atoms with Crippen molar-refractivity contribution in [3.63, 3.8) is 0 Å². The predicted molar refractivity (Wildman–Crippen MR) is 73.5 cm³/mol. The van der Waals surface area contributed by atoms with Crippen LogP contribution < -0.4 is 5.32 Å². The van der Waals surface area contributed by atoms with Gasteiger partial charge in [-0.25, -0.2) is 13.8 Å². The smallest absolute Gasteiger partial charge is 0.126 e. The number of thiazole rings is 1. The largest absolute Gasteiger partial charge is 0.307 e. The number of nitrogens with zero attached hydrogens (tertiary/aromatic N) is 1. The van der Waals surface area contributed by atoms with E-state index in [2.05, 4.69) is 10.3 Å². The highest BCUT2D eigenvalue weighted by Gasteiger charge is 2.19. The van der Waals surface area contributed by atoms with E-state index >= 15 is 0 Å². The number of hydrogen-bond acceptors (Lipinski definition) is 3. The molecule has 0 aliphatic rings. The van der Waals surface area contributed by atoms with E-state index in [1.807, 2.05) is 13.8 Å². The maximum absolute atomic E-state index is 13.3. The van der Waals surface area contributed by atoms with Crippen LogP contribution in [0.15, 0.2) is 18.2 Å². The second-order valence-electron chi connectivity index (χ2n) is 4.33. The van der Waals surface area contributed by atoms with Crippen molar-refractivity contribution in [2.24, 2.45) is 0 Å². The summed E-state index contributed by atoms with van der Waals surface area (Å²) in [5, 5.41) is 3.90. The Morgan fingerprint density at radius 2 is 1.89 bits per heavy atom. The molecule has 0 amide bonds. The molecule has 2 nitrogen and oxygen atoms in total. The highest BCUT2D eigenvalue weighted by Crippen LogP contribution is 2.29. The highest BCUT2D eigenvalue weighted by molar-refractivity contribution is 7.11. The van der Waals surface area contributed by atoms with Gasteiger partial charge in [-0.2, -0.15) is 0 Å². The SMILES string of the molecule is CCc1nc(C(NC)c2cc(F)cc(F)c2)sc1C. The Bertz CT molecular complexity index is 561. The van der Waals surface area contributed by atoms with E-state index in [1.165, 1.54) is 12.1 Å². The molecule has 1 aromatic carbocycles. The average Bonchev–Trinajstić information content (AvgIpc) is 2.70. The lowest BCUT2D eigenvalue weighted by molar-refractivity contribution is 0.571. The summed E-state index contributed by atoms with van der Waals surface area (Å²) < 4.78 is 26.6. The molecule has 5 heteroatoms. The lowest BCUT2D eigenvalue weighted by atomic mass is 10.1. The minimum absolute atomic E-state index is 0.283. The summed E-state index contributed by atoms with van der Waals surface area (Å²) in [5.74, 6) is -1.14. The van der Waals surface area contributed by atoms with E-state index in [0.29, 0.717) is 5.56 Å². The molecular formula is C14H16F2N2S. The van der Waals surface area contributed by atoms with Gasteiger partial charge in [0.2, 0.25) is 0 Å². The molecule has 1 unspecified atom stereocenters. The fourth-order valence-electron chi connectivity index (χ4n) is 2.08. The van der Waals surface area contributed by atoms with Crippen LogP contribution in [0.4, 0.5) is 8.78 Å². The zero-order chi connectivity index (χ0) is 14.0. The van der Waals surface area contributed by atoms with Gasteiger partial charge in [0.15, 0.2) is 0 Å². The van der Waals surface area contributed by atoms with Crippen molar-refractivity contribution < 1.29 is 8.78 Å². The van der Waals surface area contributed by atoms with E-state index in [4.69, 9.17) is 0 Å². The summed E-state index contributed by atoms with van der Waals surface area (Å²) in [7, 11) is 1.76. The molecule has 0 fully saturated rings. The lowest BCUT2D eigenvalue weighted by Gasteiger charge is -2.14. The van der Waals surface area contributed by atoms with Crippen LogP contribution in [0, 0.1) is 18.6 Å². The molecule has 102 valence electrons. The third-order valence-corrected chi connectivity index (χ3v) is 4.08. The van der Waals surface area contributed by atoms with E-state index in [0.717, 1.165) is 28.1 Å². The van der Waals surface area contributed by atoms with E-state index in [-0.39, 0.29) is 6.04 Å². The van der Waals surface area contributed by atoms with Crippen molar-refractivity contribution in [1.29, 1.82) is 0 Å². The second-order valence-corrected chi connectivity index (χ2v) is 5.57. The Hall–Kier alpha value is -1.33. The Morgan fingerprint density at radius 1 is 1.26 bits per heavy atom. The van der Waals surface area contributed by atoms with Gasteiger partial charge in [0.05, 0.1) is 11.7 Å². The standard InChI is InChI=1S/C14H16F2N2S/c1-4-12-8(2)19-14(18-12)13(17-3)9-5-10(15)7-11(16)6-9/h5-7,13,17H,4H2,1-3H3. The molecule has 0 aliphatic carbocycles. The zero-order valence-corrected chi connectivity index (χ0v) is 11.9. The molecule has 0 aliphatic heterocycles. The van der Waals surface area contributed by atoms with Crippen molar-refractivity contribution in [2.75, 3.05) is 7.05 Å². The Morgan fingerprint density at radius 3 is 2.37 bits per heavy atom. The van der Waals surface area contributed by atoms with Gasteiger partial charge in [-0.1, -0.05) is 6.92 Å². The fraction of sp³-hybridized carbons (Fsp3) is 0.357. The maximum Gasteiger partial charge on any atom is 0.126 e. The first-order valence-corrected chi connectivity index (χ1v) is 6.96. The molecule has 0 saturated heterocycles. The predicted octanol–water partition coefficient (Wildman–Crippen LogP) is 3.60. The summed E-state index contributed by atoms with van der Waals surface area (Å²) >= 11 is 1.56. The Balaban J connectivity index is 2.43. The zero-order valence-electron chi connectivity index (χ0n) is 11.1. The van der Waals surface area contributed by atoms with Gasteiger partial charge in [0.1, 0.15) is 16.6 Å². The minimum atomic E-state index is -0.570. The summed E-state index contributed by atoms with van der Waals surface area (Å²) in [6.45, 7) is 4.06. The maximum atomic E-state index is 13.3. The number of aromatic nitrogens is 1. The average molecular weight is 282 g/mol. The van der Waals surface area contributed by atoms with Crippen molar-refractivity contribution >= 4 is 11.3 Å². The number of halogens is 2. The van der Waals surface area contributed by atoms with Gasteiger partial charge in [-0.05, 0) is 38.1 Å². The molecule has 2 rings (SSSR count). The van der Waals surface area contributed by atoms with Crippen LogP contribution in [0.25, 0.3) is 0 Å². The van der Waals surface area contributed by atoms with Crippen LogP contribution >= 0.6 is 11.3 Å². The first-order chi connectivity index (χ1) is 9.05. The van der Waals surface area contributed by atoms with Crippen LogP contribution in [-0.4, -0.2) is 12.0 Å². The number of rotatable bonds is 4. The molecule has 1 aromatic heterocycles. The van der Waals surface area contributed by atoms with Gasteiger partial charge in [-0.15, -0.1) is 11.3 Å². The number of hydrogen-bond donors (Lipinski definition) is 1. The molecule has 1 heterocycles. The van der Waals surface area contributed by atoms with E-state index in [1.54, 1.807) is 18.4 Å². The lowest BCUT2D eigenvalue weighted by Crippen LogP contribution is -2.18. The van der Waals surface area contributed by atoms with Crippen LogP contribution in [0.2, 0.25) is 0 Å². The fourth-order valence-corrected chi connectivity index (χ4v) is 3.23. The van der Waals surface area contributed by atoms with Crippen LogP contribution in [0.1, 0.15) is 34.1 Å². The van der Waals surface area contributed by atoms with Gasteiger partial charge >= 0.3 is 0 Å². The quantitative estimate of drug-likeness (QED) is 0.926. The molecule has 0 bridgehead atoms.